The Labute approximate surface area is 84.4 Å². The summed E-state index contributed by atoms with van der Waals surface area (Å²) in [7, 11) is 1.56. The van der Waals surface area contributed by atoms with Crippen LogP contribution in [0.2, 0.25) is 0 Å². The van der Waals surface area contributed by atoms with Crippen molar-refractivity contribution in [1.82, 2.24) is 10.6 Å². The van der Waals surface area contributed by atoms with Crippen LogP contribution in [0.4, 0.5) is 0 Å². The Morgan fingerprint density at radius 3 is 2.43 bits per heavy atom. The van der Waals surface area contributed by atoms with Crippen molar-refractivity contribution >= 4 is 11.8 Å². The molecule has 4 nitrogen and oxygen atoms in total. The minimum absolute atomic E-state index is 0.0355. The number of carbonyl (C=O) groups excluding carboxylic acids is 2. The summed E-state index contributed by atoms with van der Waals surface area (Å²) >= 11 is 0. The maximum absolute atomic E-state index is 11.5. The summed E-state index contributed by atoms with van der Waals surface area (Å²) in [6, 6.07) is 0. The molecule has 0 unspecified atom stereocenters. The largest absolute Gasteiger partial charge is 0.358 e. The van der Waals surface area contributed by atoms with Gasteiger partial charge in [-0.3, -0.25) is 9.59 Å². The lowest BCUT2D eigenvalue weighted by Crippen LogP contribution is -2.38. The van der Waals surface area contributed by atoms with Crippen LogP contribution in [0.15, 0.2) is 0 Å². The normalized spacial score (nSPS) is 17.5. The van der Waals surface area contributed by atoms with Crippen LogP contribution >= 0.6 is 0 Å². The van der Waals surface area contributed by atoms with E-state index in [1.807, 2.05) is 0 Å². The van der Waals surface area contributed by atoms with Gasteiger partial charge in [-0.15, -0.1) is 0 Å². The quantitative estimate of drug-likeness (QED) is 0.691. The van der Waals surface area contributed by atoms with Crippen molar-refractivity contribution in [2.75, 3.05) is 13.6 Å². The molecule has 0 atom stereocenters. The molecule has 0 aliphatic heterocycles. The minimum Gasteiger partial charge on any atom is -0.358 e. The molecular formula is C10H18N2O2. The fraction of sp³-hybridized carbons (Fsp3) is 0.800. The van der Waals surface area contributed by atoms with E-state index in [2.05, 4.69) is 10.6 Å². The van der Waals surface area contributed by atoms with Crippen LogP contribution in [0.1, 0.15) is 32.1 Å². The predicted octanol–water partition coefficient (Wildman–Crippen LogP) is 0.429. The van der Waals surface area contributed by atoms with Crippen molar-refractivity contribution in [3.8, 4) is 0 Å². The fourth-order valence-electron chi connectivity index (χ4n) is 1.76. The molecule has 2 N–H and O–H groups in total. The molecule has 0 heterocycles. The van der Waals surface area contributed by atoms with Gasteiger partial charge in [-0.2, -0.15) is 0 Å². The molecule has 14 heavy (non-hydrogen) atoms. The molecule has 0 aromatic heterocycles. The number of hydrogen-bond donors (Lipinski definition) is 2. The highest BCUT2D eigenvalue weighted by atomic mass is 16.2. The van der Waals surface area contributed by atoms with Gasteiger partial charge in [0.1, 0.15) is 0 Å². The fourth-order valence-corrected chi connectivity index (χ4v) is 1.76. The van der Waals surface area contributed by atoms with Crippen LogP contribution < -0.4 is 10.6 Å². The van der Waals surface area contributed by atoms with E-state index in [1.165, 1.54) is 6.42 Å². The standard InChI is InChI=1S/C10H18N2O2/c1-11-9(13)7-12-10(14)8-5-3-2-4-6-8/h8H,2-7H2,1H3,(H,11,13)(H,12,14). The number of carbonyl (C=O) groups is 2. The molecule has 1 aliphatic rings. The number of hydrogen-bond acceptors (Lipinski definition) is 2. The second-order valence-corrected chi connectivity index (χ2v) is 3.73. The lowest BCUT2D eigenvalue weighted by atomic mass is 9.89. The Hall–Kier alpha value is -1.06. The van der Waals surface area contributed by atoms with Gasteiger partial charge < -0.3 is 10.6 Å². The predicted molar refractivity (Wildman–Crippen MR) is 53.7 cm³/mol. The third kappa shape index (κ3) is 3.36. The van der Waals surface area contributed by atoms with Crippen molar-refractivity contribution < 1.29 is 9.59 Å². The second-order valence-electron chi connectivity index (χ2n) is 3.73. The van der Waals surface area contributed by atoms with E-state index >= 15 is 0 Å². The van der Waals surface area contributed by atoms with Gasteiger partial charge in [-0.25, -0.2) is 0 Å². The summed E-state index contributed by atoms with van der Waals surface area (Å²) in [5.41, 5.74) is 0. The highest BCUT2D eigenvalue weighted by Gasteiger charge is 2.20. The highest BCUT2D eigenvalue weighted by Crippen LogP contribution is 2.23. The highest BCUT2D eigenvalue weighted by molar-refractivity contribution is 5.85. The van der Waals surface area contributed by atoms with Gasteiger partial charge in [0.05, 0.1) is 6.54 Å². The van der Waals surface area contributed by atoms with Crippen molar-refractivity contribution in [1.29, 1.82) is 0 Å². The summed E-state index contributed by atoms with van der Waals surface area (Å²) in [4.78, 5) is 22.4. The lowest BCUT2D eigenvalue weighted by molar-refractivity contribution is -0.129. The Bertz CT molecular complexity index is 210. The SMILES string of the molecule is CNC(=O)CNC(=O)C1CCCCC1. The molecule has 0 aromatic carbocycles. The monoisotopic (exact) mass is 198 g/mol. The Kier molecular flexibility index (Phi) is 4.43. The van der Waals surface area contributed by atoms with Gasteiger partial charge in [-0.1, -0.05) is 19.3 Å². The van der Waals surface area contributed by atoms with Crippen molar-refractivity contribution in [3.05, 3.63) is 0 Å². The minimum atomic E-state index is -0.144. The molecule has 0 saturated heterocycles. The summed E-state index contributed by atoms with van der Waals surface area (Å²) in [6.45, 7) is 0.103. The zero-order valence-corrected chi connectivity index (χ0v) is 8.64. The zero-order chi connectivity index (χ0) is 10.4. The Morgan fingerprint density at radius 2 is 1.86 bits per heavy atom. The average molecular weight is 198 g/mol. The third-order valence-electron chi connectivity index (χ3n) is 2.68. The van der Waals surface area contributed by atoms with Gasteiger partial charge in [0.2, 0.25) is 11.8 Å². The first kappa shape index (κ1) is 11.0. The molecule has 0 bridgehead atoms. The first-order valence-corrected chi connectivity index (χ1v) is 5.22. The van der Waals surface area contributed by atoms with Gasteiger partial charge in [0.15, 0.2) is 0 Å². The van der Waals surface area contributed by atoms with Crippen LogP contribution in [0.3, 0.4) is 0 Å². The van der Waals surface area contributed by atoms with E-state index in [9.17, 15) is 9.59 Å². The summed E-state index contributed by atoms with van der Waals surface area (Å²) < 4.78 is 0. The van der Waals surface area contributed by atoms with Gasteiger partial charge in [0.25, 0.3) is 0 Å². The lowest BCUT2D eigenvalue weighted by Gasteiger charge is -2.20. The topological polar surface area (TPSA) is 58.2 Å². The number of rotatable bonds is 3. The number of amides is 2. The molecular weight excluding hydrogens is 180 g/mol. The molecule has 4 heteroatoms. The molecule has 2 amide bonds. The van der Waals surface area contributed by atoms with Crippen LogP contribution in [-0.4, -0.2) is 25.4 Å². The smallest absolute Gasteiger partial charge is 0.239 e. The van der Waals surface area contributed by atoms with Crippen molar-refractivity contribution in [2.24, 2.45) is 5.92 Å². The third-order valence-corrected chi connectivity index (χ3v) is 2.68. The zero-order valence-electron chi connectivity index (χ0n) is 8.64. The van der Waals surface area contributed by atoms with Gasteiger partial charge >= 0.3 is 0 Å². The molecule has 1 rings (SSSR count). The van der Waals surface area contributed by atoms with Crippen LogP contribution in [0.25, 0.3) is 0 Å². The molecule has 1 aliphatic carbocycles. The van der Waals surface area contributed by atoms with E-state index in [0.717, 1.165) is 25.7 Å². The average Bonchev–Trinajstić information content (AvgIpc) is 2.26. The molecule has 80 valence electrons. The summed E-state index contributed by atoms with van der Waals surface area (Å²) in [6.07, 6.45) is 5.45. The molecule has 0 radical (unpaired) electrons. The van der Waals surface area contributed by atoms with E-state index < -0.39 is 0 Å². The van der Waals surface area contributed by atoms with Gasteiger partial charge in [0, 0.05) is 13.0 Å². The Balaban J connectivity index is 2.23. The first-order chi connectivity index (χ1) is 6.74. The van der Waals surface area contributed by atoms with E-state index in [1.54, 1.807) is 7.05 Å². The van der Waals surface area contributed by atoms with E-state index in [4.69, 9.17) is 0 Å². The first-order valence-electron chi connectivity index (χ1n) is 5.22. The maximum Gasteiger partial charge on any atom is 0.239 e. The van der Waals surface area contributed by atoms with Crippen LogP contribution in [0, 0.1) is 5.92 Å². The van der Waals surface area contributed by atoms with Crippen molar-refractivity contribution in [3.63, 3.8) is 0 Å². The van der Waals surface area contributed by atoms with Crippen LogP contribution in [0.5, 0.6) is 0 Å². The maximum atomic E-state index is 11.5. The molecule has 0 spiro atoms. The number of nitrogens with one attached hydrogen (secondary N) is 2. The second kappa shape index (κ2) is 5.62. The summed E-state index contributed by atoms with van der Waals surface area (Å²) in [5, 5.41) is 5.12. The van der Waals surface area contributed by atoms with Gasteiger partial charge in [-0.05, 0) is 12.8 Å². The molecule has 1 fully saturated rings. The summed E-state index contributed by atoms with van der Waals surface area (Å²) in [5.74, 6) is 0.0239. The number of likely N-dealkylation sites (N-methyl/N-ethyl adjacent to an activating group) is 1. The molecule has 1 saturated carbocycles. The van der Waals surface area contributed by atoms with Crippen molar-refractivity contribution in [2.45, 2.75) is 32.1 Å². The van der Waals surface area contributed by atoms with Crippen LogP contribution in [-0.2, 0) is 9.59 Å². The Morgan fingerprint density at radius 1 is 1.21 bits per heavy atom. The van der Waals surface area contributed by atoms with E-state index in [-0.39, 0.29) is 24.3 Å². The molecule has 0 aromatic rings. The van der Waals surface area contributed by atoms with E-state index in [0.29, 0.717) is 0 Å².